The zero-order chi connectivity index (χ0) is 43.3. The van der Waals surface area contributed by atoms with E-state index < -0.39 is 91.9 Å². The molecule has 0 unspecified atom stereocenters. The summed E-state index contributed by atoms with van der Waals surface area (Å²) in [4.78, 5) is 64.3. The highest BCUT2D eigenvalue weighted by Gasteiger charge is 2.51. The van der Waals surface area contributed by atoms with Crippen molar-refractivity contribution in [3.63, 3.8) is 0 Å². The number of halogens is 4. The highest BCUT2D eigenvalue weighted by molar-refractivity contribution is 5.90. The molecule has 13 nitrogen and oxygen atoms in total. The van der Waals surface area contributed by atoms with Gasteiger partial charge in [-0.2, -0.15) is 0 Å². The third kappa shape index (κ3) is 8.47. The third-order valence-corrected chi connectivity index (χ3v) is 11.3. The Morgan fingerprint density at radius 1 is 0.667 bits per heavy atom. The van der Waals surface area contributed by atoms with Crippen LogP contribution in [-0.4, -0.2) is 100.0 Å². The molecule has 2 fully saturated rings. The van der Waals surface area contributed by atoms with Crippen LogP contribution in [0.4, 0.5) is 27.2 Å². The number of nitrogens with one attached hydrogen (secondary N) is 4. The molecule has 3 aromatic carbocycles. The molecule has 2 aliphatic rings. The second kappa shape index (κ2) is 16.1. The largest absolute Gasteiger partial charge is 0.453 e. The standard InChI is InChI=1S/C43H47F4N7O6/c1-22(2)35(51-40(57)59-5)38(55)53-20-42(44,45)18-33(53)32-17-28-15-26(11-13-29(28)48-32)24-7-9-25(10-8-24)27-12-14-30-31(16-27)50-37(49-30)34-19-43(46,47)21-54(34)39(56)36(23(3)4)52-41(58)60-6/h7-17,22-23,33-36,48H,18-21H2,1-6H3,(H,49,50)(H,51,57)(H,52,58)/t33-,34-,35-,36-/m0/s1. The number of hydrogen-bond donors (Lipinski definition) is 4. The number of ether oxygens (including phenoxy) is 2. The summed E-state index contributed by atoms with van der Waals surface area (Å²) in [6, 6.07) is 16.6. The summed E-state index contributed by atoms with van der Waals surface area (Å²) in [5, 5.41) is 5.72. The van der Waals surface area contributed by atoms with Crippen molar-refractivity contribution in [2.24, 2.45) is 11.8 Å². The molecule has 5 aromatic rings. The van der Waals surface area contributed by atoms with Crippen molar-refractivity contribution in [2.75, 3.05) is 27.3 Å². The molecule has 4 heterocycles. The Kier molecular flexibility index (Phi) is 11.3. The van der Waals surface area contributed by atoms with Crippen molar-refractivity contribution >= 4 is 45.9 Å². The van der Waals surface area contributed by atoms with Crippen molar-refractivity contribution in [1.82, 2.24) is 35.4 Å². The van der Waals surface area contributed by atoms with Crippen molar-refractivity contribution in [3.05, 3.63) is 78.2 Å². The van der Waals surface area contributed by atoms with Crippen LogP contribution in [-0.2, 0) is 19.1 Å². The lowest BCUT2D eigenvalue weighted by atomic mass is 9.99. The van der Waals surface area contributed by atoms with Gasteiger partial charge in [-0.3, -0.25) is 9.59 Å². The summed E-state index contributed by atoms with van der Waals surface area (Å²) in [7, 11) is 2.33. The van der Waals surface area contributed by atoms with Crippen LogP contribution in [0.15, 0.2) is 66.7 Å². The Bertz CT molecular complexity index is 2260. The molecule has 2 aliphatic heterocycles. The topological polar surface area (TPSA) is 162 Å². The molecular weight excluding hydrogens is 787 g/mol. The second-order valence-corrected chi connectivity index (χ2v) is 16.3. The van der Waals surface area contributed by atoms with Crippen LogP contribution in [0.25, 0.3) is 44.2 Å². The average Bonchev–Trinajstić information content (AvgIpc) is 3.99. The van der Waals surface area contributed by atoms with E-state index in [1.54, 1.807) is 39.8 Å². The van der Waals surface area contributed by atoms with Gasteiger partial charge >= 0.3 is 12.2 Å². The fourth-order valence-corrected chi connectivity index (χ4v) is 8.11. The fraction of sp³-hybridized carbons (Fsp3) is 0.419. The van der Waals surface area contributed by atoms with Gasteiger partial charge in [-0.05, 0) is 64.4 Å². The van der Waals surface area contributed by atoms with E-state index in [2.05, 4.69) is 35.1 Å². The van der Waals surface area contributed by atoms with Crippen LogP contribution in [0.5, 0.6) is 0 Å². The molecule has 2 saturated heterocycles. The van der Waals surface area contributed by atoms with Gasteiger partial charge in [0.1, 0.15) is 17.9 Å². The third-order valence-electron chi connectivity index (χ3n) is 11.3. The number of imidazole rings is 1. The number of benzene rings is 3. The number of aromatic amines is 2. The first-order valence-corrected chi connectivity index (χ1v) is 19.7. The minimum Gasteiger partial charge on any atom is -0.453 e. The van der Waals surface area contributed by atoms with Crippen molar-refractivity contribution in [2.45, 2.75) is 76.5 Å². The molecule has 17 heteroatoms. The lowest BCUT2D eigenvalue weighted by Gasteiger charge is -2.30. The lowest BCUT2D eigenvalue weighted by Crippen LogP contribution is -2.51. The summed E-state index contributed by atoms with van der Waals surface area (Å²) in [5.41, 5.74) is 5.75. The van der Waals surface area contributed by atoms with Gasteiger partial charge in [0.2, 0.25) is 11.8 Å². The summed E-state index contributed by atoms with van der Waals surface area (Å²) in [6.45, 7) is 5.25. The summed E-state index contributed by atoms with van der Waals surface area (Å²) in [6.07, 6.45) is -2.86. The van der Waals surface area contributed by atoms with Crippen LogP contribution >= 0.6 is 0 Å². The number of hydrogen-bond acceptors (Lipinski definition) is 7. The predicted octanol–water partition coefficient (Wildman–Crippen LogP) is 7.96. The van der Waals surface area contributed by atoms with Gasteiger partial charge in [-0.15, -0.1) is 0 Å². The normalized spacial score (nSPS) is 19.5. The van der Waals surface area contributed by atoms with Gasteiger partial charge in [0, 0.05) is 29.4 Å². The molecular formula is C43H47F4N7O6. The Morgan fingerprint density at radius 2 is 1.15 bits per heavy atom. The quantitative estimate of drug-likeness (QED) is 0.104. The number of alkyl carbamates (subject to hydrolysis) is 2. The van der Waals surface area contributed by atoms with Crippen molar-refractivity contribution in [3.8, 4) is 22.3 Å². The number of fused-ring (bicyclic) bond motifs is 2. The number of rotatable bonds is 10. The summed E-state index contributed by atoms with van der Waals surface area (Å²) >= 11 is 0. The molecule has 0 radical (unpaired) electrons. The number of likely N-dealkylation sites (tertiary alicyclic amines) is 2. The zero-order valence-corrected chi connectivity index (χ0v) is 33.9. The minimum atomic E-state index is -3.16. The van der Waals surface area contributed by atoms with Gasteiger partial charge in [0.05, 0.1) is 50.4 Å². The van der Waals surface area contributed by atoms with Crippen LogP contribution in [0.2, 0.25) is 0 Å². The van der Waals surface area contributed by atoms with E-state index >= 15 is 0 Å². The number of alkyl halides is 4. The Balaban J connectivity index is 1.10. The fourth-order valence-electron chi connectivity index (χ4n) is 8.11. The number of aromatic nitrogens is 3. The Morgan fingerprint density at radius 3 is 1.68 bits per heavy atom. The molecule has 0 aliphatic carbocycles. The van der Waals surface area contributed by atoms with Crippen molar-refractivity contribution < 1.29 is 46.2 Å². The first-order chi connectivity index (χ1) is 28.4. The Hall–Kier alpha value is -6.13. The molecule has 0 bridgehead atoms. The SMILES string of the molecule is COC(=O)N[C@H](C(=O)N1CC(F)(F)C[C@H]1c1cc2cc(-c3ccc(-c4ccc5nc([C@@H]6CC(F)(F)CN6C(=O)[C@@H](NC(=O)OC)C(C)C)[nH]c5c4)cc3)ccc2[nH]1)C(C)C. The number of H-pyrrole nitrogens is 2. The second-order valence-electron chi connectivity index (χ2n) is 16.3. The molecule has 318 valence electrons. The first kappa shape index (κ1) is 42.0. The number of nitrogens with zero attached hydrogens (tertiary/aromatic N) is 3. The number of carbonyl (C=O) groups is 4. The maximum atomic E-state index is 14.9. The monoisotopic (exact) mass is 833 g/mol. The van der Waals surface area contributed by atoms with Gasteiger partial charge in [0.25, 0.3) is 11.8 Å². The van der Waals surface area contributed by atoms with E-state index in [1.165, 1.54) is 7.11 Å². The highest BCUT2D eigenvalue weighted by atomic mass is 19.3. The van der Waals surface area contributed by atoms with E-state index in [0.29, 0.717) is 22.2 Å². The van der Waals surface area contributed by atoms with Crippen LogP contribution in [0.3, 0.4) is 0 Å². The predicted molar refractivity (Wildman–Crippen MR) is 215 cm³/mol. The maximum absolute atomic E-state index is 14.9. The molecule has 2 aromatic heterocycles. The van der Waals surface area contributed by atoms with Gasteiger partial charge in [-0.25, -0.2) is 32.1 Å². The van der Waals surface area contributed by atoms with Gasteiger partial charge in [0.15, 0.2) is 0 Å². The smallest absolute Gasteiger partial charge is 0.407 e. The molecule has 7 rings (SSSR count). The van der Waals surface area contributed by atoms with E-state index in [0.717, 1.165) is 44.5 Å². The summed E-state index contributed by atoms with van der Waals surface area (Å²) < 4.78 is 68.9. The number of carbonyl (C=O) groups excluding carboxylic acids is 4. The van der Waals surface area contributed by atoms with Crippen LogP contribution < -0.4 is 10.6 Å². The zero-order valence-electron chi connectivity index (χ0n) is 33.9. The van der Waals surface area contributed by atoms with Gasteiger partial charge in [-0.1, -0.05) is 64.1 Å². The summed E-state index contributed by atoms with van der Waals surface area (Å²) in [5.74, 6) is -8.12. The van der Waals surface area contributed by atoms with Crippen molar-refractivity contribution in [1.29, 1.82) is 0 Å². The lowest BCUT2D eigenvalue weighted by molar-refractivity contribution is -0.137. The van der Waals surface area contributed by atoms with Crippen LogP contribution in [0.1, 0.15) is 64.1 Å². The van der Waals surface area contributed by atoms with E-state index in [9.17, 15) is 36.7 Å². The van der Waals surface area contributed by atoms with Crippen LogP contribution in [0, 0.1) is 11.8 Å². The molecule has 0 saturated carbocycles. The minimum absolute atomic E-state index is 0.211. The molecule has 60 heavy (non-hydrogen) atoms. The molecule has 4 amide bonds. The average molecular weight is 834 g/mol. The number of methoxy groups -OCH3 is 2. The number of amides is 4. The first-order valence-electron chi connectivity index (χ1n) is 19.7. The maximum Gasteiger partial charge on any atom is 0.407 e. The van der Waals surface area contributed by atoms with E-state index in [-0.39, 0.29) is 11.7 Å². The molecule has 0 spiro atoms. The molecule has 4 atom stereocenters. The van der Waals surface area contributed by atoms with E-state index in [1.807, 2.05) is 54.6 Å². The highest BCUT2D eigenvalue weighted by Crippen LogP contribution is 2.43. The molecule has 4 N–H and O–H groups in total. The van der Waals surface area contributed by atoms with Gasteiger partial charge < -0.3 is 39.9 Å². The van der Waals surface area contributed by atoms with E-state index in [4.69, 9.17) is 0 Å². The Labute approximate surface area is 343 Å².